The third-order valence-corrected chi connectivity index (χ3v) is 5.60. The van der Waals surface area contributed by atoms with Crippen molar-refractivity contribution in [3.05, 3.63) is 69.8 Å². The molecule has 1 amide bonds. The first-order valence-electron chi connectivity index (χ1n) is 7.89. The van der Waals surface area contributed by atoms with Crippen LogP contribution in [0.2, 0.25) is 10.0 Å². The molecule has 0 aliphatic carbocycles. The zero-order chi connectivity index (χ0) is 19.0. The van der Waals surface area contributed by atoms with Crippen LogP contribution in [0.3, 0.4) is 0 Å². The molecule has 3 aromatic heterocycles. The number of hydrogen-bond donors (Lipinski definition) is 2. The Balaban J connectivity index is 1.69. The molecule has 8 heteroatoms. The maximum absolute atomic E-state index is 12.7. The zero-order valence-electron chi connectivity index (χ0n) is 13.7. The Bertz CT molecular complexity index is 1160. The molecule has 0 saturated heterocycles. The van der Waals surface area contributed by atoms with Crippen molar-refractivity contribution in [3.63, 3.8) is 0 Å². The van der Waals surface area contributed by atoms with Gasteiger partial charge >= 0.3 is 0 Å². The first-order chi connectivity index (χ1) is 13.0. The molecule has 3 heterocycles. The number of pyridine rings is 2. The molecule has 4 aromatic rings. The SMILES string of the molecule is Nc1c(C(=O)Nc2ccc(Cl)cc2Cl)sc2nc(-c3cccnc3)ccc12. The van der Waals surface area contributed by atoms with E-state index in [1.807, 2.05) is 24.3 Å². The molecular formula is C19H12Cl2N4OS. The number of benzene rings is 1. The Morgan fingerprint density at radius 2 is 2.00 bits per heavy atom. The van der Waals surface area contributed by atoms with Gasteiger partial charge in [0.15, 0.2) is 0 Å². The average molecular weight is 415 g/mol. The molecule has 3 N–H and O–H groups in total. The standard InChI is InChI=1S/C19H12Cl2N4OS/c20-11-3-5-15(13(21)8-11)24-18(26)17-16(22)12-4-6-14(25-19(12)27-17)10-2-1-7-23-9-10/h1-9H,22H2,(H,24,26). The second kappa shape index (κ2) is 7.15. The average Bonchev–Trinajstić information content (AvgIpc) is 3.01. The fraction of sp³-hybridized carbons (Fsp3) is 0. The van der Waals surface area contributed by atoms with Crippen LogP contribution in [-0.4, -0.2) is 15.9 Å². The number of hydrogen-bond acceptors (Lipinski definition) is 5. The van der Waals surface area contributed by atoms with Gasteiger partial charge in [0.1, 0.15) is 9.71 Å². The van der Waals surface area contributed by atoms with Gasteiger partial charge in [0.05, 0.1) is 22.1 Å². The van der Waals surface area contributed by atoms with Crippen LogP contribution in [0.5, 0.6) is 0 Å². The molecule has 0 aliphatic heterocycles. The minimum absolute atomic E-state index is 0.345. The van der Waals surface area contributed by atoms with Gasteiger partial charge < -0.3 is 11.1 Å². The van der Waals surface area contributed by atoms with Crippen LogP contribution in [0.25, 0.3) is 21.5 Å². The number of nitrogens with zero attached hydrogens (tertiary/aromatic N) is 2. The lowest BCUT2D eigenvalue weighted by molar-refractivity contribution is 0.103. The Hall–Kier alpha value is -2.67. The van der Waals surface area contributed by atoms with Crippen molar-refractivity contribution < 1.29 is 4.79 Å². The Kier molecular flexibility index (Phi) is 4.70. The van der Waals surface area contributed by atoms with Crippen LogP contribution < -0.4 is 11.1 Å². The predicted octanol–water partition coefficient (Wildman–Crippen LogP) is 5.50. The normalized spacial score (nSPS) is 10.9. The number of carbonyl (C=O) groups is 1. The van der Waals surface area contributed by atoms with Gasteiger partial charge in [-0.15, -0.1) is 11.3 Å². The van der Waals surface area contributed by atoms with Crippen molar-refractivity contribution in [1.82, 2.24) is 9.97 Å². The molecule has 1 aromatic carbocycles. The molecule has 27 heavy (non-hydrogen) atoms. The largest absolute Gasteiger partial charge is 0.397 e. The van der Waals surface area contributed by atoms with Crippen molar-refractivity contribution in [2.45, 2.75) is 0 Å². The number of nitrogens with one attached hydrogen (secondary N) is 1. The zero-order valence-corrected chi connectivity index (χ0v) is 16.1. The molecule has 0 atom stereocenters. The summed E-state index contributed by atoms with van der Waals surface area (Å²) in [5.41, 5.74) is 8.71. The van der Waals surface area contributed by atoms with Crippen LogP contribution in [0.4, 0.5) is 11.4 Å². The van der Waals surface area contributed by atoms with Gasteiger partial charge in [-0.05, 0) is 42.5 Å². The predicted molar refractivity (Wildman–Crippen MR) is 112 cm³/mol. The van der Waals surface area contributed by atoms with E-state index in [-0.39, 0.29) is 5.91 Å². The molecule has 0 fully saturated rings. The number of fused-ring (bicyclic) bond motifs is 1. The van der Waals surface area contributed by atoms with E-state index in [4.69, 9.17) is 28.9 Å². The van der Waals surface area contributed by atoms with E-state index in [0.717, 1.165) is 16.6 Å². The van der Waals surface area contributed by atoms with Gasteiger partial charge in [-0.1, -0.05) is 23.2 Å². The molecule has 4 rings (SSSR count). The van der Waals surface area contributed by atoms with Gasteiger partial charge in [0.25, 0.3) is 5.91 Å². The van der Waals surface area contributed by atoms with Crippen LogP contribution in [0, 0.1) is 0 Å². The van der Waals surface area contributed by atoms with Gasteiger partial charge in [-0.3, -0.25) is 9.78 Å². The number of carbonyl (C=O) groups excluding carboxylic acids is 1. The third-order valence-electron chi connectivity index (χ3n) is 3.94. The molecule has 0 aliphatic rings. The van der Waals surface area contributed by atoms with Gasteiger partial charge in [-0.25, -0.2) is 4.98 Å². The van der Waals surface area contributed by atoms with E-state index >= 15 is 0 Å². The highest BCUT2D eigenvalue weighted by atomic mass is 35.5. The van der Waals surface area contributed by atoms with Crippen molar-refractivity contribution in [1.29, 1.82) is 0 Å². The fourth-order valence-corrected chi connectivity index (χ4v) is 4.06. The highest BCUT2D eigenvalue weighted by molar-refractivity contribution is 7.21. The number of amides is 1. The molecule has 0 bridgehead atoms. The lowest BCUT2D eigenvalue weighted by Crippen LogP contribution is -2.12. The summed E-state index contributed by atoms with van der Waals surface area (Å²) < 4.78 is 0. The summed E-state index contributed by atoms with van der Waals surface area (Å²) >= 11 is 13.2. The summed E-state index contributed by atoms with van der Waals surface area (Å²) in [6, 6.07) is 12.4. The van der Waals surface area contributed by atoms with Crippen LogP contribution in [-0.2, 0) is 0 Å². The first kappa shape index (κ1) is 17.7. The summed E-state index contributed by atoms with van der Waals surface area (Å²) in [5.74, 6) is -0.345. The second-order valence-corrected chi connectivity index (χ2v) is 7.56. The maximum Gasteiger partial charge on any atom is 0.267 e. The van der Waals surface area contributed by atoms with Crippen LogP contribution >= 0.6 is 34.5 Å². The number of halogens is 2. The van der Waals surface area contributed by atoms with Crippen molar-refractivity contribution >= 4 is 62.0 Å². The Morgan fingerprint density at radius 3 is 2.74 bits per heavy atom. The summed E-state index contributed by atoms with van der Waals surface area (Å²) in [4.78, 5) is 22.5. The van der Waals surface area contributed by atoms with Crippen molar-refractivity contribution in [3.8, 4) is 11.3 Å². The maximum atomic E-state index is 12.7. The van der Waals surface area contributed by atoms with Crippen LogP contribution in [0.1, 0.15) is 9.67 Å². The quantitative estimate of drug-likeness (QED) is 0.463. The van der Waals surface area contributed by atoms with Gasteiger partial charge in [0, 0.05) is 28.4 Å². The minimum atomic E-state index is -0.345. The monoisotopic (exact) mass is 414 g/mol. The summed E-state index contributed by atoms with van der Waals surface area (Å²) in [5, 5.41) is 4.35. The molecule has 0 radical (unpaired) electrons. The van der Waals surface area contributed by atoms with Crippen molar-refractivity contribution in [2.75, 3.05) is 11.1 Å². The molecular weight excluding hydrogens is 403 g/mol. The van der Waals surface area contributed by atoms with Gasteiger partial charge in [0.2, 0.25) is 0 Å². The number of thiophene rings is 1. The fourth-order valence-electron chi connectivity index (χ4n) is 2.61. The molecule has 134 valence electrons. The Morgan fingerprint density at radius 1 is 1.15 bits per heavy atom. The molecule has 0 unspecified atom stereocenters. The Labute approximate surface area is 168 Å². The van der Waals surface area contributed by atoms with E-state index < -0.39 is 0 Å². The molecule has 0 spiro atoms. The summed E-state index contributed by atoms with van der Waals surface area (Å²) in [6.45, 7) is 0. The topological polar surface area (TPSA) is 80.9 Å². The summed E-state index contributed by atoms with van der Waals surface area (Å²) in [7, 11) is 0. The second-order valence-electron chi connectivity index (χ2n) is 5.71. The number of nitrogens with two attached hydrogens (primary N) is 1. The van der Waals surface area contributed by atoms with E-state index in [2.05, 4.69) is 15.3 Å². The van der Waals surface area contributed by atoms with E-state index in [0.29, 0.717) is 31.1 Å². The molecule has 0 saturated carbocycles. The first-order valence-corrected chi connectivity index (χ1v) is 9.46. The number of anilines is 2. The van der Waals surface area contributed by atoms with Crippen molar-refractivity contribution in [2.24, 2.45) is 0 Å². The number of nitrogen functional groups attached to an aromatic ring is 1. The lowest BCUT2D eigenvalue weighted by Gasteiger charge is -2.06. The number of aromatic nitrogens is 2. The highest BCUT2D eigenvalue weighted by Crippen LogP contribution is 2.35. The summed E-state index contributed by atoms with van der Waals surface area (Å²) in [6.07, 6.45) is 3.44. The molecule has 5 nitrogen and oxygen atoms in total. The third kappa shape index (κ3) is 3.47. The lowest BCUT2D eigenvalue weighted by atomic mass is 10.1. The van der Waals surface area contributed by atoms with E-state index in [1.165, 1.54) is 11.3 Å². The highest BCUT2D eigenvalue weighted by Gasteiger charge is 2.19. The van der Waals surface area contributed by atoms with Crippen LogP contribution in [0.15, 0.2) is 54.9 Å². The van der Waals surface area contributed by atoms with E-state index in [9.17, 15) is 4.79 Å². The van der Waals surface area contributed by atoms with E-state index in [1.54, 1.807) is 30.6 Å². The van der Waals surface area contributed by atoms with Gasteiger partial charge in [-0.2, -0.15) is 0 Å². The smallest absolute Gasteiger partial charge is 0.267 e. The minimum Gasteiger partial charge on any atom is -0.397 e. The number of rotatable bonds is 3.